The molecule has 2 aromatic heterocycles. The number of carboxylic acids is 1. The van der Waals surface area contributed by atoms with Crippen LogP contribution >= 0.6 is 23.3 Å². The van der Waals surface area contributed by atoms with Crippen LogP contribution in [0, 0.1) is 11.3 Å². The summed E-state index contributed by atoms with van der Waals surface area (Å²) in [5.74, 6) is 0.393. The van der Waals surface area contributed by atoms with Crippen molar-refractivity contribution in [3.8, 4) is 27.4 Å². The van der Waals surface area contributed by atoms with E-state index in [2.05, 4.69) is 72.9 Å². The molecule has 0 amide bonds. The number of anilines is 2. The highest BCUT2D eigenvalue weighted by molar-refractivity contribution is 8.00. The van der Waals surface area contributed by atoms with E-state index in [1.165, 1.54) is 23.1 Å². The maximum absolute atomic E-state index is 11.7. The van der Waals surface area contributed by atoms with Crippen molar-refractivity contribution in [3.63, 3.8) is 0 Å². The lowest BCUT2D eigenvalue weighted by atomic mass is 9.93. The van der Waals surface area contributed by atoms with Crippen LogP contribution in [-0.2, 0) is 11.2 Å². The van der Waals surface area contributed by atoms with Gasteiger partial charge in [-0.05, 0) is 66.5 Å². The predicted octanol–water partition coefficient (Wildman–Crippen LogP) is 9.45. The fraction of sp³-hybridized carbons (Fsp3) is 0.417. The summed E-state index contributed by atoms with van der Waals surface area (Å²) in [4.78, 5) is 25.0. The summed E-state index contributed by atoms with van der Waals surface area (Å²) >= 11 is 3.06. The van der Waals surface area contributed by atoms with E-state index in [-0.39, 0.29) is 5.41 Å². The van der Waals surface area contributed by atoms with Crippen molar-refractivity contribution >= 4 is 40.2 Å². The normalized spacial score (nSPS) is 15.0. The second-order valence-corrected chi connectivity index (χ2v) is 14.8. The first-order valence-corrected chi connectivity index (χ1v) is 17.5. The van der Waals surface area contributed by atoms with Crippen LogP contribution in [0.4, 0.5) is 10.9 Å². The maximum Gasteiger partial charge on any atom is 0.308 e. The molecule has 1 aliphatic heterocycles. The number of aromatic nitrogens is 2. The summed E-state index contributed by atoms with van der Waals surface area (Å²) < 4.78 is 9.65. The van der Waals surface area contributed by atoms with Gasteiger partial charge in [0, 0.05) is 30.6 Å². The molecule has 2 aromatic carbocycles. The molecular formula is C36H44N4O3S2. The quantitative estimate of drug-likeness (QED) is 0.192. The third kappa shape index (κ3) is 9.23. The van der Waals surface area contributed by atoms with Crippen molar-refractivity contribution in [1.29, 1.82) is 0 Å². The molecular weight excluding hydrogens is 601 g/mol. The number of ether oxygens (including phenoxy) is 1. The Bertz CT molecular complexity index is 1580. The van der Waals surface area contributed by atoms with Crippen LogP contribution in [0.2, 0.25) is 0 Å². The lowest BCUT2D eigenvalue weighted by molar-refractivity contribution is -0.140. The molecule has 7 nitrogen and oxygen atoms in total. The van der Waals surface area contributed by atoms with Gasteiger partial charge in [0.1, 0.15) is 16.6 Å². The molecule has 1 atom stereocenters. The number of benzene rings is 2. The van der Waals surface area contributed by atoms with Gasteiger partial charge in [-0.3, -0.25) is 4.79 Å². The molecule has 1 unspecified atom stereocenters. The molecule has 0 saturated heterocycles. The van der Waals surface area contributed by atoms with Crippen LogP contribution in [-0.4, -0.2) is 40.7 Å². The minimum absolute atomic E-state index is 0.215. The van der Waals surface area contributed by atoms with Crippen LogP contribution in [0.5, 0.6) is 5.75 Å². The number of hydrogen-bond acceptors (Lipinski definition) is 8. The van der Waals surface area contributed by atoms with Gasteiger partial charge in [0.2, 0.25) is 0 Å². The largest absolute Gasteiger partial charge is 0.494 e. The number of fused-ring (bicyclic) bond motifs is 6. The maximum atomic E-state index is 11.7. The summed E-state index contributed by atoms with van der Waals surface area (Å²) in [5.41, 5.74) is 4.74. The lowest BCUT2D eigenvalue weighted by Gasteiger charge is -2.26. The summed E-state index contributed by atoms with van der Waals surface area (Å²) in [6, 6.07) is 22.9. The van der Waals surface area contributed by atoms with Crippen molar-refractivity contribution < 1.29 is 14.6 Å². The smallest absolute Gasteiger partial charge is 0.308 e. The molecule has 1 aliphatic rings. The first kappa shape index (κ1) is 32.8. The molecule has 9 heteroatoms. The zero-order valence-corrected chi connectivity index (χ0v) is 28.3. The number of aliphatic carboxylic acids is 1. The van der Waals surface area contributed by atoms with Crippen molar-refractivity contribution in [3.05, 3.63) is 72.3 Å². The molecule has 0 aliphatic carbocycles. The van der Waals surface area contributed by atoms with Crippen LogP contribution < -0.4 is 14.4 Å². The van der Waals surface area contributed by atoms with E-state index in [0.29, 0.717) is 13.2 Å². The molecule has 0 fully saturated rings. The molecule has 238 valence electrons. The second-order valence-electron chi connectivity index (χ2n) is 12.9. The number of hydrogen-bond donors (Lipinski definition) is 2. The molecule has 0 radical (unpaired) electrons. The third-order valence-electron chi connectivity index (χ3n) is 7.93. The Labute approximate surface area is 275 Å². The topological polar surface area (TPSA) is 87.6 Å². The lowest BCUT2D eigenvalue weighted by Crippen LogP contribution is -2.33. The van der Waals surface area contributed by atoms with Crippen molar-refractivity contribution in [2.24, 2.45) is 11.3 Å². The average Bonchev–Trinajstić information content (AvgIpc) is 3.44. The number of rotatable bonds is 7. The predicted molar refractivity (Wildman–Crippen MR) is 187 cm³/mol. The molecule has 45 heavy (non-hydrogen) atoms. The molecule has 2 N–H and O–H groups in total. The Hall–Kier alpha value is -3.56. The Morgan fingerprint density at radius 2 is 1.82 bits per heavy atom. The molecule has 4 bridgehead atoms. The molecule has 5 rings (SSSR count). The van der Waals surface area contributed by atoms with Gasteiger partial charge >= 0.3 is 5.97 Å². The van der Waals surface area contributed by atoms with E-state index in [1.807, 2.05) is 24.3 Å². The van der Waals surface area contributed by atoms with Gasteiger partial charge in [-0.2, -0.15) is 0 Å². The highest BCUT2D eigenvalue weighted by Crippen LogP contribution is 2.42. The van der Waals surface area contributed by atoms with E-state index >= 15 is 0 Å². The number of aryl methyl sites for hydroxylation is 1. The van der Waals surface area contributed by atoms with Crippen LogP contribution in [0.1, 0.15) is 65.4 Å². The monoisotopic (exact) mass is 644 g/mol. The van der Waals surface area contributed by atoms with E-state index in [9.17, 15) is 9.90 Å². The number of nitrogens with zero attached hydrogens (tertiary/aromatic N) is 3. The van der Waals surface area contributed by atoms with Crippen molar-refractivity contribution in [2.45, 2.75) is 71.2 Å². The zero-order valence-electron chi connectivity index (χ0n) is 26.7. The van der Waals surface area contributed by atoms with Crippen molar-refractivity contribution in [1.82, 2.24) is 9.97 Å². The van der Waals surface area contributed by atoms with Gasteiger partial charge in [0.25, 0.3) is 0 Å². The molecule has 0 spiro atoms. The minimum Gasteiger partial charge on any atom is -0.494 e. The number of nitrogens with one attached hydrogen (secondary N) is 1. The third-order valence-corrected chi connectivity index (χ3v) is 9.81. The van der Waals surface area contributed by atoms with Gasteiger partial charge in [-0.1, -0.05) is 94.3 Å². The summed E-state index contributed by atoms with van der Waals surface area (Å²) in [6.07, 6.45) is 6.19. The van der Waals surface area contributed by atoms with Gasteiger partial charge in [-0.15, -0.1) is 0 Å². The SMILES string of the molecule is CC(CN1CCCCCCc2ccccc2-c2nc(sc2-c2cccc(OCCC(C)(C)C)c2)NSc2cccc1n2)C(=O)O. The standard InChI is InChI=1S/C36H44N4O3S2/c1-25(34(41)42)24-40-21-10-6-5-7-13-26-14-8-9-17-29(26)32-33(27-15-11-16-28(23-27)43-22-20-36(2,3)4)44-35(38-32)39-45-31-19-12-18-30(40)37-31/h8-9,11-12,14-19,23,25H,5-7,10,13,20-22,24H2,1-4H3,(H,38,39)(H,41,42). The van der Waals surface area contributed by atoms with E-state index in [4.69, 9.17) is 14.7 Å². The number of carboxylic acid groups (broad SMARTS) is 1. The van der Waals surface area contributed by atoms with Crippen LogP contribution in [0.3, 0.4) is 0 Å². The minimum atomic E-state index is -0.790. The molecule has 0 saturated carbocycles. The summed E-state index contributed by atoms with van der Waals surface area (Å²) in [5, 5.41) is 11.2. The van der Waals surface area contributed by atoms with Gasteiger partial charge in [-0.25, -0.2) is 9.97 Å². The fourth-order valence-electron chi connectivity index (χ4n) is 5.33. The zero-order chi connectivity index (χ0) is 31.8. The fourth-order valence-corrected chi connectivity index (χ4v) is 6.97. The second kappa shape index (κ2) is 15.1. The van der Waals surface area contributed by atoms with Crippen LogP contribution in [0.25, 0.3) is 21.7 Å². The van der Waals surface area contributed by atoms with Gasteiger partial charge in [0.15, 0.2) is 5.13 Å². The Morgan fingerprint density at radius 3 is 2.64 bits per heavy atom. The van der Waals surface area contributed by atoms with Gasteiger partial charge in [0.05, 0.1) is 23.1 Å². The van der Waals surface area contributed by atoms with E-state index in [1.54, 1.807) is 18.3 Å². The van der Waals surface area contributed by atoms with Crippen LogP contribution in [0.15, 0.2) is 71.8 Å². The number of thiazole rings is 1. The van der Waals surface area contributed by atoms with E-state index < -0.39 is 11.9 Å². The summed E-state index contributed by atoms with van der Waals surface area (Å²) in [6.45, 7) is 10.3. The van der Waals surface area contributed by atoms with Gasteiger partial charge < -0.3 is 19.5 Å². The van der Waals surface area contributed by atoms with Crippen molar-refractivity contribution in [2.75, 3.05) is 29.3 Å². The molecule has 4 aromatic rings. The average molecular weight is 645 g/mol. The summed E-state index contributed by atoms with van der Waals surface area (Å²) in [7, 11) is 0. The van der Waals surface area contributed by atoms with E-state index in [0.717, 1.165) is 82.9 Å². The Morgan fingerprint density at radius 1 is 1.02 bits per heavy atom. The first-order chi connectivity index (χ1) is 21.7. The number of pyridine rings is 1. The first-order valence-electron chi connectivity index (χ1n) is 15.9. The highest BCUT2D eigenvalue weighted by Gasteiger charge is 2.21. The Kier molecular flexibility index (Phi) is 11.0. The number of carbonyl (C=O) groups is 1. The highest BCUT2D eigenvalue weighted by atomic mass is 32.2. The molecule has 3 heterocycles. The Balaban J connectivity index is 1.48.